The van der Waals surface area contributed by atoms with E-state index in [1.165, 1.54) is 55.5 Å². The van der Waals surface area contributed by atoms with Gasteiger partial charge in [-0.25, -0.2) is 0 Å². The van der Waals surface area contributed by atoms with Gasteiger partial charge in [0.2, 0.25) is 0 Å². The van der Waals surface area contributed by atoms with Gasteiger partial charge in [-0.15, -0.1) is 0 Å². The molecule has 4 heteroatoms. The minimum atomic E-state index is -2.37. The summed E-state index contributed by atoms with van der Waals surface area (Å²) in [5.41, 5.74) is 0.977. The Hall–Kier alpha value is -0.581. The molecular weight excluding hydrogens is 377 g/mol. The van der Waals surface area contributed by atoms with Crippen LogP contribution in [0.4, 0.5) is 0 Å². The van der Waals surface area contributed by atoms with Crippen molar-refractivity contribution in [2.45, 2.75) is 72.6 Å². The predicted molar refractivity (Wildman–Crippen MR) is 97.5 cm³/mol. The van der Waals surface area contributed by atoms with Gasteiger partial charge < -0.3 is 0 Å². The molecule has 0 N–H and O–H groups in total. The van der Waals surface area contributed by atoms with E-state index in [4.69, 9.17) is 4.98 Å². The SMILES string of the molecule is CCC[CH2][Sn]([CH2]CCC)([CH2]CCC)[c]1cn2ccnc2cn1. The summed E-state index contributed by atoms with van der Waals surface area (Å²) in [6.45, 7) is 6.97. The standard InChI is InChI=1S/C6H4N3.3C4H9.Sn/c1-3-9-4-2-8-6(9)5-7-1;3*1-3-4-2;/h2-5H;3*1,3-4H2,2H3;. The van der Waals surface area contributed by atoms with Crippen molar-refractivity contribution in [3.8, 4) is 0 Å². The second kappa shape index (κ2) is 8.90. The molecule has 0 unspecified atom stereocenters. The molecule has 2 aromatic heterocycles. The quantitative estimate of drug-likeness (QED) is 0.530. The van der Waals surface area contributed by atoms with Crippen LogP contribution in [0.3, 0.4) is 0 Å². The monoisotopic (exact) mass is 409 g/mol. The molecule has 0 spiro atoms. The van der Waals surface area contributed by atoms with Gasteiger partial charge in [-0.1, -0.05) is 0 Å². The van der Waals surface area contributed by atoms with Crippen molar-refractivity contribution < 1.29 is 0 Å². The Morgan fingerprint density at radius 3 is 2.05 bits per heavy atom. The first-order valence-corrected chi connectivity index (χ1v) is 16.5. The van der Waals surface area contributed by atoms with Gasteiger partial charge in [0, 0.05) is 0 Å². The topological polar surface area (TPSA) is 30.2 Å². The van der Waals surface area contributed by atoms with Crippen molar-refractivity contribution >= 4 is 27.7 Å². The van der Waals surface area contributed by atoms with Crippen LogP contribution in [0.2, 0.25) is 13.3 Å². The number of hydrogen-bond acceptors (Lipinski definition) is 2. The van der Waals surface area contributed by atoms with Crippen LogP contribution < -0.4 is 3.71 Å². The first kappa shape index (κ1) is 17.8. The molecule has 0 aliphatic rings. The molecule has 0 aliphatic heterocycles. The van der Waals surface area contributed by atoms with Crippen molar-refractivity contribution in [2.75, 3.05) is 0 Å². The van der Waals surface area contributed by atoms with Crippen LogP contribution in [0.15, 0.2) is 24.8 Å². The molecular formula is C18H31N3Sn. The van der Waals surface area contributed by atoms with E-state index in [9.17, 15) is 0 Å². The number of rotatable bonds is 10. The Morgan fingerprint density at radius 1 is 0.909 bits per heavy atom. The van der Waals surface area contributed by atoms with Gasteiger partial charge in [-0.2, -0.15) is 0 Å². The zero-order chi connectivity index (χ0) is 15.8. The third kappa shape index (κ3) is 4.24. The summed E-state index contributed by atoms with van der Waals surface area (Å²) in [4.78, 5) is 9.27. The molecule has 0 amide bonds. The Balaban J connectivity index is 2.36. The molecule has 22 heavy (non-hydrogen) atoms. The Morgan fingerprint density at radius 2 is 1.50 bits per heavy atom. The number of nitrogens with zero attached hydrogens (tertiary/aromatic N) is 3. The third-order valence-corrected chi connectivity index (χ3v) is 19.9. The van der Waals surface area contributed by atoms with Crippen LogP contribution in [-0.2, 0) is 0 Å². The second-order valence-electron chi connectivity index (χ2n) is 6.56. The summed E-state index contributed by atoms with van der Waals surface area (Å²) < 4.78 is 8.07. The van der Waals surface area contributed by atoms with E-state index in [0.717, 1.165) is 5.65 Å². The number of unbranched alkanes of at least 4 members (excludes halogenated alkanes) is 3. The van der Waals surface area contributed by atoms with Crippen molar-refractivity contribution in [3.05, 3.63) is 24.8 Å². The number of fused-ring (bicyclic) bond motifs is 1. The summed E-state index contributed by atoms with van der Waals surface area (Å²) in [5.74, 6) is 0. The summed E-state index contributed by atoms with van der Waals surface area (Å²) in [5, 5.41) is 0. The maximum absolute atomic E-state index is 4.92. The van der Waals surface area contributed by atoms with Gasteiger partial charge in [-0.05, 0) is 0 Å². The van der Waals surface area contributed by atoms with Crippen LogP contribution in [0.1, 0.15) is 59.3 Å². The summed E-state index contributed by atoms with van der Waals surface area (Å²) in [7, 11) is 0. The van der Waals surface area contributed by atoms with Gasteiger partial charge in [0.05, 0.1) is 0 Å². The molecule has 0 aliphatic carbocycles. The third-order valence-electron chi connectivity index (χ3n) is 4.85. The molecule has 3 nitrogen and oxygen atoms in total. The summed E-state index contributed by atoms with van der Waals surface area (Å²) in [6.07, 6.45) is 16.3. The van der Waals surface area contributed by atoms with E-state index in [-0.39, 0.29) is 0 Å². The molecule has 2 aromatic rings. The normalized spacial score (nSPS) is 12.1. The molecule has 0 saturated heterocycles. The van der Waals surface area contributed by atoms with Crippen molar-refractivity contribution in [2.24, 2.45) is 0 Å². The van der Waals surface area contributed by atoms with Gasteiger partial charge in [0.1, 0.15) is 0 Å². The first-order valence-electron chi connectivity index (χ1n) is 9.05. The molecule has 0 atom stereocenters. The van der Waals surface area contributed by atoms with Crippen molar-refractivity contribution in [1.29, 1.82) is 0 Å². The predicted octanol–water partition coefficient (Wildman–Crippen LogP) is 4.79. The molecule has 0 saturated carbocycles. The molecule has 0 radical (unpaired) electrons. The Kier molecular flexibility index (Phi) is 7.19. The van der Waals surface area contributed by atoms with Gasteiger partial charge >= 0.3 is 139 Å². The molecule has 0 fully saturated rings. The van der Waals surface area contributed by atoms with E-state index in [1.54, 1.807) is 0 Å². The molecule has 0 aromatic carbocycles. The fraction of sp³-hybridized carbons (Fsp3) is 0.667. The minimum absolute atomic E-state index is 0.977. The van der Waals surface area contributed by atoms with Crippen LogP contribution in [-0.4, -0.2) is 32.7 Å². The van der Waals surface area contributed by atoms with E-state index >= 15 is 0 Å². The zero-order valence-corrected chi connectivity index (χ0v) is 17.4. The number of aromatic nitrogens is 3. The molecule has 122 valence electrons. The van der Waals surface area contributed by atoms with E-state index < -0.39 is 18.4 Å². The molecule has 0 bridgehead atoms. The van der Waals surface area contributed by atoms with Crippen molar-refractivity contribution in [1.82, 2.24) is 14.4 Å². The molecule has 2 rings (SSSR count). The Labute approximate surface area is 139 Å². The number of hydrogen-bond donors (Lipinski definition) is 0. The summed E-state index contributed by atoms with van der Waals surface area (Å²) >= 11 is -2.37. The fourth-order valence-corrected chi connectivity index (χ4v) is 18.7. The van der Waals surface area contributed by atoms with E-state index in [0.29, 0.717) is 0 Å². The maximum atomic E-state index is 4.92. The van der Waals surface area contributed by atoms with Gasteiger partial charge in [0.15, 0.2) is 0 Å². The van der Waals surface area contributed by atoms with Crippen LogP contribution in [0, 0.1) is 0 Å². The number of imidazole rings is 1. The average Bonchev–Trinajstić information content (AvgIpc) is 3.02. The van der Waals surface area contributed by atoms with Crippen molar-refractivity contribution in [3.63, 3.8) is 0 Å². The zero-order valence-electron chi connectivity index (χ0n) is 14.5. The van der Waals surface area contributed by atoms with E-state index in [2.05, 4.69) is 42.5 Å². The van der Waals surface area contributed by atoms with Crippen LogP contribution >= 0.6 is 0 Å². The second-order valence-corrected chi connectivity index (χ2v) is 19.6. The summed E-state index contributed by atoms with van der Waals surface area (Å²) in [6, 6.07) is 0. The fourth-order valence-electron chi connectivity index (χ4n) is 3.40. The first-order chi connectivity index (χ1) is 10.8. The van der Waals surface area contributed by atoms with Gasteiger partial charge in [-0.3, -0.25) is 0 Å². The van der Waals surface area contributed by atoms with Gasteiger partial charge in [0.25, 0.3) is 0 Å². The van der Waals surface area contributed by atoms with Crippen LogP contribution in [0.5, 0.6) is 0 Å². The van der Waals surface area contributed by atoms with E-state index in [1.807, 2.05) is 12.4 Å². The average molecular weight is 408 g/mol. The Bertz CT molecular complexity index is 542. The molecule has 2 heterocycles. The van der Waals surface area contributed by atoms with Crippen LogP contribution in [0.25, 0.3) is 5.65 Å².